The monoisotopic (exact) mass is 478 g/mol. The molecule has 5 heteroatoms. The van der Waals surface area contributed by atoms with Crippen LogP contribution < -0.4 is 0 Å². The van der Waals surface area contributed by atoms with Crippen molar-refractivity contribution in [3.63, 3.8) is 0 Å². The Balaban J connectivity index is 1.19. The number of likely N-dealkylation sites (tertiary alicyclic amines) is 1. The topological polar surface area (TPSA) is 32.8 Å². The van der Waals surface area contributed by atoms with Crippen LogP contribution in [0.15, 0.2) is 48.5 Å². The molecule has 2 aromatic rings. The summed E-state index contributed by atoms with van der Waals surface area (Å²) in [6, 6.07) is 15.5. The standard InChI is InChI=1S/C30H39FN2O2/c1-23(14-19-33-20-17-30(18-21-33)27-9-5-4-8-24(27)22-35-30)32(2)28(34)29(15-6-3-7-16-29)25-10-12-26(31)13-11-25/h4-5,8-13,23H,3,6-7,14-22H2,1-2H3. The molecule has 1 unspecified atom stereocenters. The first-order valence-electron chi connectivity index (χ1n) is 13.4. The number of rotatable bonds is 6. The molecule has 2 fully saturated rings. The van der Waals surface area contributed by atoms with Gasteiger partial charge in [0.2, 0.25) is 5.91 Å². The lowest BCUT2D eigenvalue weighted by molar-refractivity contribution is -0.139. The molecule has 1 atom stereocenters. The Kier molecular flexibility index (Phi) is 7.00. The Morgan fingerprint density at radius 2 is 1.71 bits per heavy atom. The van der Waals surface area contributed by atoms with Gasteiger partial charge in [-0.2, -0.15) is 0 Å². The molecule has 1 aliphatic carbocycles. The first-order chi connectivity index (χ1) is 16.9. The Hall–Kier alpha value is -2.24. The van der Waals surface area contributed by atoms with Gasteiger partial charge >= 0.3 is 0 Å². The SMILES string of the molecule is CC(CCN1CCC2(CC1)OCc1ccccc12)N(C)C(=O)C1(c2ccc(F)cc2)CCCCC1. The van der Waals surface area contributed by atoms with Crippen molar-refractivity contribution in [3.05, 3.63) is 71.0 Å². The van der Waals surface area contributed by atoms with Gasteiger partial charge in [0.1, 0.15) is 5.82 Å². The number of fused-ring (bicyclic) bond motifs is 2. The Morgan fingerprint density at radius 3 is 2.43 bits per heavy atom. The van der Waals surface area contributed by atoms with Crippen LogP contribution >= 0.6 is 0 Å². The number of piperidine rings is 1. The van der Waals surface area contributed by atoms with E-state index < -0.39 is 5.41 Å². The molecule has 1 saturated heterocycles. The summed E-state index contributed by atoms with van der Waals surface area (Å²) in [5, 5.41) is 0. The first kappa shape index (κ1) is 24.5. The van der Waals surface area contributed by atoms with Crippen LogP contribution in [-0.2, 0) is 27.2 Å². The van der Waals surface area contributed by atoms with Gasteiger partial charge in [0.25, 0.3) is 0 Å². The van der Waals surface area contributed by atoms with Crippen molar-refractivity contribution in [1.82, 2.24) is 9.80 Å². The second-order valence-corrected chi connectivity index (χ2v) is 11.0. The maximum Gasteiger partial charge on any atom is 0.233 e. The van der Waals surface area contributed by atoms with Crippen molar-refractivity contribution in [2.75, 3.05) is 26.7 Å². The molecule has 3 aliphatic rings. The van der Waals surface area contributed by atoms with Crippen molar-refractivity contribution in [2.24, 2.45) is 0 Å². The summed E-state index contributed by atoms with van der Waals surface area (Å²) < 4.78 is 19.9. The Labute approximate surface area is 209 Å². The molecule has 0 bridgehead atoms. The van der Waals surface area contributed by atoms with E-state index in [2.05, 4.69) is 36.1 Å². The largest absolute Gasteiger partial charge is 0.365 e. The van der Waals surface area contributed by atoms with Gasteiger partial charge in [-0.3, -0.25) is 4.79 Å². The number of benzene rings is 2. The molecule has 1 spiro atoms. The van der Waals surface area contributed by atoms with Crippen LogP contribution in [0, 0.1) is 5.82 Å². The number of ether oxygens (including phenoxy) is 1. The number of amides is 1. The van der Waals surface area contributed by atoms with Crippen LogP contribution in [0.2, 0.25) is 0 Å². The Bertz CT molecular complexity index is 1020. The zero-order chi connectivity index (χ0) is 24.5. The van der Waals surface area contributed by atoms with E-state index in [-0.39, 0.29) is 23.4 Å². The summed E-state index contributed by atoms with van der Waals surface area (Å²) in [4.78, 5) is 18.4. The molecule has 2 aromatic carbocycles. The lowest BCUT2D eigenvalue weighted by atomic mass is 9.68. The fraction of sp³-hybridized carbons (Fsp3) is 0.567. The summed E-state index contributed by atoms with van der Waals surface area (Å²) in [7, 11) is 1.96. The quantitative estimate of drug-likeness (QED) is 0.527. The smallest absolute Gasteiger partial charge is 0.233 e. The van der Waals surface area contributed by atoms with Crippen molar-refractivity contribution in [2.45, 2.75) is 82.0 Å². The normalized spacial score (nSPS) is 22.0. The minimum atomic E-state index is -0.514. The van der Waals surface area contributed by atoms with Gasteiger partial charge in [-0.1, -0.05) is 55.7 Å². The number of nitrogens with zero attached hydrogens (tertiary/aromatic N) is 2. The molecule has 35 heavy (non-hydrogen) atoms. The zero-order valence-electron chi connectivity index (χ0n) is 21.3. The van der Waals surface area contributed by atoms with Crippen LogP contribution in [0.25, 0.3) is 0 Å². The maximum atomic E-state index is 13.9. The van der Waals surface area contributed by atoms with Crippen molar-refractivity contribution < 1.29 is 13.9 Å². The predicted octanol–water partition coefficient (Wildman–Crippen LogP) is 5.79. The number of carbonyl (C=O) groups is 1. The number of carbonyl (C=O) groups excluding carboxylic acids is 1. The fourth-order valence-corrected chi connectivity index (χ4v) is 6.59. The highest BCUT2D eigenvalue weighted by Gasteiger charge is 2.44. The average Bonchev–Trinajstić information content (AvgIpc) is 3.26. The molecule has 0 aromatic heterocycles. The summed E-state index contributed by atoms with van der Waals surface area (Å²) in [6.07, 6.45) is 7.97. The summed E-state index contributed by atoms with van der Waals surface area (Å²) in [6.45, 7) is 5.94. The minimum absolute atomic E-state index is 0.103. The van der Waals surface area contributed by atoms with E-state index >= 15 is 0 Å². The summed E-state index contributed by atoms with van der Waals surface area (Å²) in [5.41, 5.74) is 3.08. The number of hydrogen-bond donors (Lipinski definition) is 0. The van der Waals surface area contributed by atoms with Crippen molar-refractivity contribution >= 4 is 5.91 Å². The fourth-order valence-electron chi connectivity index (χ4n) is 6.59. The van der Waals surface area contributed by atoms with Crippen molar-refractivity contribution in [1.29, 1.82) is 0 Å². The molecule has 188 valence electrons. The highest BCUT2D eigenvalue weighted by molar-refractivity contribution is 5.88. The molecule has 0 N–H and O–H groups in total. The van der Waals surface area contributed by atoms with Gasteiger partial charge in [0, 0.05) is 32.7 Å². The van der Waals surface area contributed by atoms with E-state index in [9.17, 15) is 9.18 Å². The maximum absolute atomic E-state index is 13.9. The third-order valence-electron chi connectivity index (χ3n) is 9.03. The lowest BCUT2D eigenvalue weighted by Gasteiger charge is -2.42. The van der Waals surface area contributed by atoms with E-state index in [0.717, 1.165) is 76.8 Å². The number of hydrogen-bond acceptors (Lipinski definition) is 3. The molecule has 4 nitrogen and oxygen atoms in total. The second-order valence-electron chi connectivity index (χ2n) is 11.0. The van der Waals surface area contributed by atoms with E-state index in [4.69, 9.17) is 4.74 Å². The van der Waals surface area contributed by atoms with E-state index in [0.29, 0.717) is 0 Å². The molecule has 0 radical (unpaired) electrons. The van der Waals surface area contributed by atoms with E-state index in [1.54, 1.807) is 0 Å². The Morgan fingerprint density at radius 1 is 1.03 bits per heavy atom. The van der Waals surface area contributed by atoms with Gasteiger partial charge in [0.05, 0.1) is 17.6 Å². The second kappa shape index (κ2) is 10.0. The molecule has 1 amide bonds. The predicted molar refractivity (Wildman–Crippen MR) is 137 cm³/mol. The summed E-state index contributed by atoms with van der Waals surface area (Å²) >= 11 is 0. The molecule has 5 rings (SSSR count). The lowest BCUT2D eigenvalue weighted by Crippen LogP contribution is -2.50. The molecular formula is C30H39FN2O2. The molecule has 2 aliphatic heterocycles. The molecular weight excluding hydrogens is 439 g/mol. The number of halogens is 1. The van der Waals surface area contributed by atoms with Crippen LogP contribution in [0.3, 0.4) is 0 Å². The van der Waals surface area contributed by atoms with Crippen LogP contribution in [0.4, 0.5) is 4.39 Å². The highest BCUT2D eigenvalue weighted by atomic mass is 19.1. The van der Waals surface area contributed by atoms with E-state index in [1.165, 1.54) is 29.7 Å². The van der Waals surface area contributed by atoms with E-state index in [1.807, 2.05) is 24.1 Å². The molecule has 2 heterocycles. The molecule has 1 saturated carbocycles. The average molecular weight is 479 g/mol. The summed E-state index contributed by atoms with van der Waals surface area (Å²) in [5.74, 6) is -0.0476. The third-order valence-corrected chi connectivity index (χ3v) is 9.03. The van der Waals surface area contributed by atoms with Crippen LogP contribution in [0.5, 0.6) is 0 Å². The van der Waals surface area contributed by atoms with Gasteiger partial charge in [-0.05, 0) is 67.9 Å². The van der Waals surface area contributed by atoms with Gasteiger partial charge in [0.15, 0.2) is 0 Å². The minimum Gasteiger partial charge on any atom is -0.365 e. The van der Waals surface area contributed by atoms with Crippen LogP contribution in [-0.4, -0.2) is 48.4 Å². The third kappa shape index (κ3) is 4.65. The van der Waals surface area contributed by atoms with Crippen LogP contribution in [0.1, 0.15) is 75.0 Å². The van der Waals surface area contributed by atoms with Crippen molar-refractivity contribution in [3.8, 4) is 0 Å². The first-order valence-corrected chi connectivity index (χ1v) is 13.4. The van der Waals surface area contributed by atoms with Gasteiger partial charge in [-0.25, -0.2) is 4.39 Å². The highest BCUT2D eigenvalue weighted by Crippen LogP contribution is 2.44. The van der Waals surface area contributed by atoms with Gasteiger partial charge < -0.3 is 14.5 Å². The zero-order valence-corrected chi connectivity index (χ0v) is 21.3. The van der Waals surface area contributed by atoms with Gasteiger partial charge in [-0.15, -0.1) is 0 Å². The number of likely N-dealkylation sites (N-methyl/N-ethyl adjacent to an activating group) is 1.